The van der Waals surface area contributed by atoms with Gasteiger partial charge in [-0.05, 0) is 31.2 Å². The predicted octanol–water partition coefficient (Wildman–Crippen LogP) is 1.64. The SMILES string of the molecule is CCC(=O)C1(C(CC(=O)O)(C(=O)c2sc(N=C(N)N)nc2C)c2ccc[nH]2)C=CC=N1. The number of carboxylic acids is 1. The number of nitrogens with zero attached hydrogens (tertiary/aromatic N) is 3. The highest BCUT2D eigenvalue weighted by Gasteiger charge is 2.62. The summed E-state index contributed by atoms with van der Waals surface area (Å²) in [7, 11) is 0. The molecule has 0 saturated carbocycles. The molecule has 162 valence electrons. The monoisotopic (exact) mass is 442 g/mol. The summed E-state index contributed by atoms with van der Waals surface area (Å²) in [6.07, 6.45) is 5.39. The van der Waals surface area contributed by atoms with Gasteiger partial charge in [-0.15, -0.1) is 0 Å². The Balaban J connectivity index is 2.35. The molecule has 0 saturated heterocycles. The van der Waals surface area contributed by atoms with Crippen molar-refractivity contribution in [1.82, 2.24) is 9.97 Å². The van der Waals surface area contributed by atoms with Gasteiger partial charge in [0.05, 0.1) is 17.0 Å². The Morgan fingerprint density at radius 2 is 2.10 bits per heavy atom. The van der Waals surface area contributed by atoms with Gasteiger partial charge in [0.25, 0.3) is 0 Å². The Bertz CT molecular complexity index is 1100. The van der Waals surface area contributed by atoms with Gasteiger partial charge in [-0.25, -0.2) is 4.98 Å². The van der Waals surface area contributed by atoms with E-state index in [1.807, 2.05) is 0 Å². The topological polar surface area (TPSA) is 177 Å². The van der Waals surface area contributed by atoms with Crippen molar-refractivity contribution in [2.24, 2.45) is 21.5 Å². The van der Waals surface area contributed by atoms with Crippen LogP contribution >= 0.6 is 11.3 Å². The molecule has 0 amide bonds. The summed E-state index contributed by atoms with van der Waals surface area (Å²) in [4.78, 5) is 55.0. The van der Waals surface area contributed by atoms with Crippen molar-refractivity contribution in [3.63, 3.8) is 0 Å². The summed E-state index contributed by atoms with van der Waals surface area (Å²) in [5, 5.41) is 10.00. The van der Waals surface area contributed by atoms with Crippen LogP contribution in [0.15, 0.2) is 40.5 Å². The number of allylic oxidation sites excluding steroid dienone is 1. The van der Waals surface area contributed by atoms with E-state index in [1.165, 1.54) is 12.3 Å². The van der Waals surface area contributed by atoms with Gasteiger partial charge in [0.2, 0.25) is 5.13 Å². The third-order valence-corrected chi connectivity index (χ3v) is 6.23. The fraction of sp³-hybridized carbons (Fsp3) is 0.300. The number of nitrogens with one attached hydrogen (secondary N) is 1. The Hall–Kier alpha value is -3.60. The number of Topliss-reactive ketones (excluding diaryl/α,β-unsaturated/α-hetero) is 2. The number of thiazole rings is 1. The Morgan fingerprint density at radius 3 is 2.61 bits per heavy atom. The van der Waals surface area contributed by atoms with Gasteiger partial charge in [-0.2, -0.15) is 4.99 Å². The third kappa shape index (κ3) is 3.56. The molecule has 1 aliphatic rings. The lowest BCUT2D eigenvalue weighted by Gasteiger charge is -2.42. The lowest BCUT2D eigenvalue weighted by Crippen LogP contribution is -2.59. The first-order valence-electron chi connectivity index (χ1n) is 9.41. The summed E-state index contributed by atoms with van der Waals surface area (Å²) < 4.78 is 0. The zero-order chi connectivity index (χ0) is 22.8. The van der Waals surface area contributed by atoms with Crippen molar-refractivity contribution in [2.45, 2.75) is 37.6 Å². The van der Waals surface area contributed by atoms with Crippen molar-refractivity contribution < 1.29 is 19.5 Å². The largest absolute Gasteiger partial charge is 0.481 e. The van der Waals surface area contributed by atoms with Crippen molar-refractivity contribution >= 4 is 46.2 Å². The number of carbonyl (C=O) groups excluding carboxylic acids is 2. The maximum atomic E-state index is 14.1. The molecule has 0 fully saturated rings. The molecule has 2 aromatic rings. The molecule has 3 rings (SSSR count). The fourth-order valence-corrected chi connectivity index (χ4v) is 4.87. The first-order valence-corrected chi connectivity index (χ1v) is 10.2. The van der Waals surface area contributed by atoms with Crippen molar-refractivity contribution in [2.75, 3.05) is 0 Å². The van der Waals surface area contributed by atoms with E-state index in [-0.39, 0.29) is 33.9 Å². The summed E-state index contributed by atoms with van der Waals surface area (Å²) >= 11 is 0.922. The molecule has 31 heavy (non-hydrogen) atoms. The van der Waals surface area contributed by atoms with Crippen molar-refractivity contribution in [1.29, 1.82) is 0 Å². The molecule has 0 bridgehead atoms. The quantitative estimate of drug-likeness (QED) is 0.259. The molecule has 6 N–H and O–H groups in total. The van der Waals surface area contributed by atoms with Crippen LogP contribution in [-0.4, -0.2) is 50.3 Å². The lowest BCUT2D eigenvalue weighted by atomic mass is 9.60. The van der Waals surface area contributed by atoms with E-state index in [0.29, 0.717) is 5.69 Å². The number of carboxylic acid groups (broad SMARTS) is 1. The van der Waals surface area contributed by atoms with Gasteiger partial charge in [0.15, 0.2) is 23.1 Å². The highest BCUT2D eigenvalue weighted by molar-refractivity contribution is 7.17. The van der Waals surface area contributed by atoms with Gasteiger partial charge >= 0.3 is 5.97 Å². The predicted molar refractivity (Wildman–Crippen MR) is 117 cm³/mol. The van der Waals surface area contributed by atoms with E-state index < -0.39 is 29.1 Å². The van der Waals surface area contributed by atoms with Gasteiger partial charge < -0.3 is 21.6 Å². The van der Waals surface area contributed by atoms with Gasteiger partial charge in [-0.3, -0.25) is 19.4 Å². The van der Waals surface area contributed by atoms with Gasteiger partial charge in [0, 0.05) is 24.5 Å². The van der Waals surface area contributed by atoms with E-state index in [4.69, 9.17) is 11.5 Å². The molecule has 0 spiro atoms. The number of hydrogen-bond donors (Lipinski definition) is 4. The first kappa shape index (κ1) is 22.1. The smallest absolute Gasteiger partial charge is 0.304 e. The second-order valence-corrected chi connectivity index (χ2v) is 7.99. The van der Waals surface area contributed by atoms with E-state index in [2.05, 4.69) is 20.0 Å². The third-order valence-electron chi connectivity index (χ3n) is 5.18. The number of carbonyl (C=O) groups is 3. The molecule has 0 aliphatic carbocycles. The second kappa shape index (κ2) is 8.26. The molecule has 0 radical (unpaired) electrons. The molecule has 2 aromatic heterocycles. The average molecular weight is 443 g/mol. The standard InChI is InChI=1S/C20H22N6O4S/c1-3-13(27)20(7-5-9-24-20)19(10-14(28)29,12-6-4-8-23-12)16(30)15-11(2)25-18(31-15)26-17(21)22/h4-9,23H,3,10H2,1-2H3,(H,28,29)(H4,21,22,25,26). The average Bonchev–Trinajstić information content (AvgIpc) is 3.46. The van der Waals surface area contributed by atoms with Crippen LogP contribution in [0.4, 0.5) is 5.13 Å². The Kier molecular flexibility index (Phi) is 5.89. The highest BCUT2D eigenvalue weighted by atomic mass is 32.1. The minimum Gasteiger partial charge on any atom is -0.481 e. The number of aromatic amines is 1. The Labute approximate surface area is 181 Å². The number of H-pyrrole nitrogens is 1. The minimum atomic E-state index is -1.87. The maximum Gasteiger partial charge on any atom is 0.304 e. The number of aryl methyl sites for hydroxylation is 1. The molecular weight excluding hydrogens is 420 g/mol. The van der Waals surface area contributed by atoms with Gasteiger partial charge in [0.1, 0.15) is 5.41 Å². The summed E-state index contributed by atoms with van der Waals surface area (Å²) in [6.45, 7) is 3.24. The molecule has 0 aromatic carbocycles. The van der Waals surface area contributed by atoms with Crippen LogP contribution in [0.2, 0.25) is 0 Å². The molecule has 1 aliphatic heterocycles. The van der Waals surface area contributed by atoms with Crippen LogP contribution in [-0.2, 0) is 15.0 Å². The first-order chi connectivity index (χ1) is 14.7. The molecule has 11 heteroatoms. The summed E-state index contributed by atoms with van der Waals surface area (Å²) in [5.41, 5.74) is 7.83. The van der Waals surface area contributed by atoms with Crippen LogP contribution in [0, 0.1) is 6.92 Å². The molecule has 3 heterocycles. The van der Waals surface area contributed by atoms with Crippen molar-refractivity contribution in [3.8, 4) is 0 Å². The fourth-order valence-electron chi connectivity index (χ4n) is 3.89. The zero-order valence-electron chi connectivity index (χ0n) is 17.0. The van der Waals surface area contributed by atoms with Crippen LogP contribution in [0.1, 0.15) is 40.8 Å². The second-order valence-electron chi connectivity index (χ2n) is 7.02. The molecule has 10 nitrogen and oxygen atoms in total. The van der Waals surface area contributed by atoms with Crippen LogP contribution < -0.4 is 11.5 Å². The number of aromatic nitrogens is 2. The van der Waals surface area contributed by atoms with Crippen molar-refractivity contribution in [3.05, 3.63) is 46.7 Å². The highest BCUT2D eigenvalue weighted by Crippen LogP contribution is 2.48. The van der Waals surface area contributed by atoms with E-state index >= 15 is 0 Å². The van der Waals surface area contributed by atoms with Crippen LogP contribution in [0.5, 0.6) is 0 Å². The number of aliphatic carboxylic acids is 1. The molecular formula is C20H22N6O4S. The maximum absolute atomic E-state index is 14.1. The number of rotatable bonds is 9. The normalized spacial score (nSPS) is 19.2. The number of ketones is 2. The zero-order valence-corrected chi connectivity index (χ0v) is 17.8. The number of aliphatic imine (C=N–C) groups is 2. The number of hydrogen-bond acceptors (Lipinski definition) is 7. The summed E-state index contributed by atoms with van der Waals surface area (Å²) in [5.74, 6) is -2.47. The van der Waals surface area contributed by atoms with Gasteiger partial charge in [-0.1, -0.05) is 18.3 Å². The lowest BCUT2D eigenvalue weighted by molar-refractivity contribution is -0.139. The van der Waals surface area contributed by atoms with E-state index in [9.17, 15) is 19.5 Å². The molecule has 2 atom stereocenters. The van der Waals surface area contributed by atoms with Crippen LogP contribution in [0.25, 0.3) is 0 Å². The Morgan fingerprint density at radius 1 is 1.35 bits per heavy atom. The summed E-state index contributed by atoms with van der Waals surface area (Å²) in [6, 6.07) is 3.22. The molecule has 2 unspecified atom stereocenters. The van der Waals surface area contributed by atoms with Crippen LogP contribution in [0.3, 0.4) is 0 Å². The number of guanidine groups is 1. The van der Waals surface area contributed by atoms with E-state index in [1.54, 1.807) is 38.3 Å². The van der Waals surface area contributed by atoms with E-state index in [0.717, 1.165) is 11.3 Å². The minimum absolute atomic E-state index is 0.0535. The number of nitrogens with two attached hydrogens (primary N) is 2.